The molecule has 1 atom stereocenters. The van der Waals surface area contributed by atoms with Gasteiger partial charge in [-0.3, -0.25) is 4.90 Å². The summed E-state index contributed by atoms with van der Waals surface area (Å²) in [6, 6.07) is 9.35. The van der Waals surface area contributed by atoms with E-state index in [1.165, 1.54) is 0 Å². The lowest BCUT2D eigenvalue weighted by atomic mass is 10.3. The standard InChI is InChI=1S/C12H16N2O2/c1-10-14(8-5-9-16-10)12(15)13-11-6-3-2-4-7-11/h2-4,6-7,10H,5,8-9H2,1H3,(H,13,15). The molecule has 0 spiro atoms. The van der Waals surface area contributed by atoms with Gasteiger partial charge in [0.15, 0.2) is 0 Å². The molecule has 2 amide bonds. The number of rotatable bonds is 1. The number of urea groups is 1. The highest BCUT2D eigenvalue weighted by atomic mass is 16.5. The van der Waals surface area contributed by atoms with Crippen LogP contribution >= 0.6 is 0 Å². The van der Waals surface area contributed by atoms with Gasteiger partial charge in [0.1, 0.15) is 6.23 Å². The van der Waals surface area contributed by atoms with Crippen LogP contribution in [0.1, 0.15) is 13.3 Å². The summed E-state index contributed by atoms with van der Waals surface area (Å²) in [6.07, 6.45) is 0.754. The van der Waals surface area contributed by atoms with Gasteiger partial charge in [0.2, 0.25) is 0 Å². The number of hydrogen-bond donors (Lipinski definition) is 1. The summed E-state index contributed by atoms with van der Waals surface area (Å²) in [7, 11) is 0. The van der Waals surface area contributed by atoms with Gasteiger partial charge >= 0.3 is 6.03 Å². The third-order valence-corrected chi connectivity index (χ3v) is 2.63. The maximum Gasteiger partial charge on any atom is 0.323 e. The largest absolute Gasteiger partial charge is 0.358 e. The van der Waals surface area contributed by atoms with Crippen molar-refractivity contribution in [1.29, 1.82) is 0 Å². The van der Waals surface area contributed by atoms with Gasteiger partial charge in [-0.05, 0) is 25.5 Å². The molecule has 0 saturated carbocycles. The number of carbonyl (C=O) groups excluding carboxylic acids is 1. The first-order chi connectivity index (χ1) is 7.77. The first kappa shape index (κ1) is 11.0. The summed E-state index contributed by atoms with van der Waals surface area (Å²) in [5.41, 5.74) is 0.810. The Labute approximate surface area is 95.2 Å². The minimum atomic E-state index is -0.141. The number of hydrogen-bond acceptors (Lipinski definition) is 2. The second kappa shape index (κ2) is 4.99. The van der Waals surface area contributed by atoms with E-state index < -0.39 is 0 Å². The highest BCUT2D eigenvalue weighted by Gasteiger charge is 2.23. The molecule has 1 unspecified atom stereocenters. The molecule has 4 heteroatoms. The van der Waals surface area contributed by atoms with E-state index in [-0.39, 0.29) is 12.3 Å². The Morgan fingerprint density at radius 1 is 1.44 bits per heavy atom. The van der Waals surface area contributed by atoms with Crippen LogP contribution in [0.3, 0.4) is 0 Å². The molecule has 1 aliphatic heterocycles. The minimum Gasteiger partial charge on any atom is -0.358 e. The predicted molar refractivity (Wildman–Crippen MR) is 62.2 cm³/mol. The van der Waals surface area contributed by atoms with E-state index in [1.807, 2.05) is 37.3 Å². The summed E-state index contributed by atoms with van der Waals surface area (Å²) >= 11 is 0. The molecule has 1 heterocycles. The summed E-state index contributed by atoms with van der Waals surface area (Å²) in [5.74, 6) is 0. The van der Waals surface area contributed by atoms with Crippen molar-refractivity contribution in [3.8, 4) is 0 Å². The van der Waals surface area contributed by atoms with Gasteiger partial charge in [0, 0.05) is 12.2 Å². The van der Waals surface area contributed by atoms with E-state index >= 15 is 0 Å². The maximum absolute atomic E-state index is 11.9. The molecule has 0 aromatic heterocycles. The molecule has 1 fully saturated rings. The van der Waals surface area contributed by atoms with Crippen LogP contribution in [0.5, 0.6) is 0 Å². The zero-order valence-corrected chi connectivity index (χ0v) is 9.35. The Hall–Kier alpha value is -1.55. The molecule has 1 aliphatic rings. The van der Waals surface area contributed by atoms with Crippen LogP contribution in [0.25, 0.3) is 0 Å². The first-order valence-electron chi connectivity index (χ1n) is 5.51. The van der Waals surface area contributed by atoms with E-state index in [2.05, 4.69) is 5.32 Å². The van der Waals surface area contributed by atoms with Gasteiger partial charge in [0.25, 0.3) is 0 Å². The van der Waals surface area contributed by atoms with Crippen LogP contribution in [0.15, 0.2) is 30.3 Å². The first-order valence-corrected chi connectivity index (χ1v) is 5.51. The highest BCUT2D eigenvalue weighted by Crippen LogP contribution is 2.13. The molecule has 1 aromatic rings. The van der Waals surface area contributed by atoms with Crippen molar-refractivity contribution in [2.75, 3.05) is 18.5 Å². The van der Waals surface area contributed by atoms with Gasteiger partial charge < -0.3 is 10.1 Å². The Bertz CT molecular complexity index is 353. The second-order valence-electron chi connectivity index (χ2n) is 3.81. The molecule has 16 heavy (non-hydrogen) atoms. The molecular formula is C12H16N2O2. The lowest BCUT2D eigenvalue weighted by molar-refractivity contribution is -0.0572. The number of nitrogens with one attached hydrogen (secondary N) is 1. The molecule has 4 nitrogen and oxygen atoms in total. The van der Waals surface area contributed by atoms with E-state index in [0.29, 0.717) is 0 Å². The second-order valence-corrected chi connectivity index (χ2v) is 3.81. The lowest BCUT2D eigenvalue weighted by Crippen LogP contribution is -2.46. The van der Waals surface area contributed by atoms with Crippen molar-refractivity contribution in [2.24, 2.45) is 0 Å². The highest BCUT2D eigenvalue weighted by molar-refractivity contribution is 5.89. The summed E-state index contributed by atoms with van der Waals surface area (Å²) in [5, 5.41) is 2.85. The van der Waals surface area contributed by atoms with Crippen LogP contribution < -0.4 is 5.32 Å². The molecule has 0 bridgehead atoms. The predicted octanol–water partition coefficient (Wildman–Crippen LogP) is 2.29. The molecule has 0 radical (unpaired) electrons. The monoisotopic (exact) mass is 220 g/mol. The third-order valence-electron chi connectivity index (χ3n) is 2.63. The molecular weight excluding hydrogens is 204 g/mol. The van der Waals surface area contributed by atoms with Crippen LogP contribution in [0.4, 0.5) is 10.5 Å². The van der Waals surface area contributed by atoms with E-state index in [1.54, 1.807) is 4.90 Å². The third kappa shape index (κ3) is 2.52. The van der Waals surface area contributed by atoms with Gasteiger partial charge in [-0.25, -0.2) is 4.79 Å². The lowest BCUT2D eigenvalue weighted by Gasteiger charge is -2.33. The zero-order chi connectivity index (χ0) is 11.4. The molecule has 2 rings (SSSR count). The fourth-order valence-corrected chi connectivity index (χ4v) is 1.74. The van der Waals surface area contributed by atoms with Crippen LogP contribution in [-0.4, -0.2) is 30.3 Å². The Morgan fingerprint density at radius 3 is 2.88 bits per heavy atom. The Morgan fingerprint density at radius 2 is 2.19 bits per heavy atom. The number of carbonyl (C=O) groups is 1. The number of nitrogens with zero attached hydrogens (tertiary/aromatic N) is 1. The minimum absolute atomic E-state index is 0.0987. The number of benzene rings is 1. The van der Waals surface area contributed by atoms with Gasteiger partial charge in [0.05, 0.1) is 6.61 Å². The normalized spacial score (nSPS) is 20.6. The van der Waals surface area contributed by atoms with Crippen molar-refractivity contribution in [3.63, 3.8) is 0 Å². The van der Waals surface area contributed by atoms with Crippen LogP contribution in [-0.2, 0) is 4.74 Å². The summed E-state index contributed by atoms with van der Waals surface area (Å²) < 4.78 is 5.41. The van der Waals surface area contributed by atoms with Crippen molar-refractivity contribution >= 4 is 11.7 Å². The quantitative estimate of drug-likeness (QED) is 0.789. The average Bonchev–Trinajstić information content (AvgIpc) is 2.31. The molecule has 1 N–H and O–H groups in total. The maximum atomic E-state index is 11.9. The number of amides is 2. The van der Waals surface area contributed by atoms with Crippen molar-refractivity contribution in [2.45, 2.75) is 19.6 Å². The number of para-hydroxylation sites is 1. The average molecular weight is 220 g/mol. The zero-order valence-electron chi connectivity index (χ0n) is 9.35. The van der Waals surface area contributed by atoms with Gasteiger partial charge in [-0.15, -0.1) is 0 Å². The van der Waals surface area contributed by atoms with Crippen molar-refractivity contribution in [3.05, 3.63) is 30.3 Å². The number of ether oxygens (including phenoxy) is 1. The fourth-order valence-electron chi connectivity index (χ4n) is 1.74. The molecule has 1 aromatic carbocycles. The van der Waals surface area contributed by atoms with Crippen LogP contribution in [0, 0.1) is 0 Å². The van der Waals surface area contributed by atoms with Crippen LogP contribution in [0.2, 0.25) is 0 Å². The fraction of sp³-hybridized carbons (Fsp3) is 0.417. The SMILES string of the molecule is CC1OCCCN1C(=O)Nc1ccccc1. The summed E-state index contributed by atoms with van der Waals surface area (Å²) in [4.78, 5) is 13.6. The van der Waals surface area contributed by atoms with E-state index in [0.717, 1.165) is 25.3 Å². The molecule has 1 saturated heterocycles. The van der Waals surface area contributed by atoms with E-state index in [4.69, 9.17) is 4.74 Å². The molecule has 0 aliphatic carbocycles. The van der Waals surface area contributed by atoms with Gasteiger partial charge in [-0.1, -0.05) is 18.2 Å². The molecule has 86 valence electrons. The van der Waals surface area contributed by atoms with Gasteiger partial charge in [-0.2, -0.15) is 0 Å². The van der Waals surface area contributed by atoms with Crippen molar-refractivity contribution < 1.29 is 9.53 Å². The summed E-state index contributed by atoms with van der Waals surface area (Å²) in [6.45, 7) is 3.37. The number of anilines is 1. The topological polar surface area (TPSA) is 41.6 Å². The Balaban J connectivity index is 1.97. The smallest absolute Gasteiger partial charge is 0.323 e. The van der Waals surface area contributed by atoms with E-state index in [9.17, 15) is 4.79 Å². The van der Waals surface area contributed by atoms with Crippen molar-refractivity contribution in [1.82, 2.24) is 4.90 Å². The Kier molecular flexibility index (Phi) is 3.41.